The van der Waals surface area contributed by atoms with E-state index in [1.165, 1.54) is 6.04 Å². The first-order valence-electron chi connectivity index (χ1n) is 5.38. The van der Waals surface area contributed by atoms with Crippen LogP contribution in [0.1, 0.15) is 6.92 Å². The third kappa shape index (κ3) is 12.5. The molecule has 0 unspecified atom stereocenters. The molecular formula is C11H23IO2Si. The van der Waals surface area contributed by atoms with Gasteiger partial charge in [-0.1, -0.05) is 55.2 Å². The summed E-state index contributed by atoms with van der Waals surface area (Å²) in [7, 11) is -0.945. The predicted molar refractivity (Wildman–Crippen MR) is 77.2 cm³/mol. The van der Waals surface area contributed by atoms with Gasteiger partial charge in [0, 0.05) is 14.7 Å². The van der Waals surface area contributed by atoms with E-state index in [9.17, 15) is 0 Å². The molecule has 15 heavy (non-hydrogen) atoms. The highest BCUT2D eigenvalue weighted by molar-refractivity contribution is 14.1. The smallest absolute Gasteiger partial charge is 0.146 e. The van der Waals surface area contributed by atoms with Crippen molar-refractivity contribution >= 4 is 30.7 Å². The molecule has 4 heteroatoms. The fourth-order valence-electron chi connectivity index (χ4n) is 0.910. The van der Waals surface area contributed by atoms with E-state index in [1.54, 1.807) is 0 Å². The molecule has 0 saturated carbocycles. The van der Waals surface area contributed by atoms with Crippen molar-refractivity contribution in [2.45, 2.75) is 32.6 Å². The Morgan fingerprint density at radius 3 is 2.47 bits per heavy atom. The van der Waals surface area contributed by atoms with Gasteiger partial charge in [0.2, 0.25) is 0 Å². The van der Waals surface area contributed by atoms with Crippen molar-refractivity contribution in [3.8, 4) is 0 Å². The fraction of sp³-hybridized carbons (Fsp3) is 0.818. The van der Waals surface area contributed by atoms with Gasteiger partial charge in [0.15, 0.2) is 0 Å². The molecule has 0 N–H and O–H groups in total. The summed E-state index contributed by atoms with van der Waals surface area (Å²) >= 11 is 2.22. The fourth-order valence-corrected chi connectivity index (χ4v) is 2.38. The van der Waals surface area contributed by atoms with E-state index in [-0.39, 0.29) is 0 Å². The Kier molecular flexibility index (Phi) is 9.08. The lowest BCUT2D eigenvalue weighted by atomic mass is 10.2. The van der Waals surface area contributed by atoms with Gasteiger partial charge >= 0.3 is 0 Å². The summed E-state index contributed by atoms with van der Waals surface area (Å²) in [6.45, 7) is 11.2. The highest BCUT2D eigenvalue weighted by atomic mass is 127. The molecule has 0 heterocycles. The van der Waals surface area contributed by atoms with E-state index >= 15 is 0 Å². The summed E-state index contributed by atoms with van der Waals surface area (Å²) in [6.07, 6.45) is 2.13. The third-order valence-electron chi connectivity index (χ3n) is 1.95. The zero-order valence-electron chi connectivity index (χ0n) is 10.3. The van der Waals surface area contributed by atoms with Crippen LogP contribution >= 0.6 is 22.6 Å². The molecule has 90 valence electrons. The normalized spacial score (nSPS) is 14.7. The minimum Gasteiger partial charge on any atom is -0.356 e. The van der Waals surface area contributed by atoms with Crippen LogP contribution in [-0.2, 0) is 9.47 Å². The summed E-state index contributed by atoms with van der Waals surface area (Å²) in [4.78, 5) is 0. The topological polar surface area (TPSA) is 18.5 Å². The molecule has 0 bridgehead atoms. The highest BCUT2D eigenvalue weighted by Gasteiger charge is 2.11. The van der Waals surface area contributed by atoms with E-state index < -0.39 is 8.07 Å². The van der Waals surface area contributed by atoms with Gasteiger partial charge in [-0.2, -0.15) is 0 Å². The quantitative estimate of drug-likeness (QED) is 0.288. The Morgan fingerprint density at radius 2 is 1.93 bits per heavy atom. The maximum absolute atomic E-state index is 5.42. The first kappa shape index (κ1) is 15.6. The molecule has 0 aliphatic rings. The van der Waals surface area contributed by atoms with Gasteiger partial charge in [0.25, 0.3) is 0 Å². The summed E-state index contributed by atoms with van der Waals surface area (Å²) in [5, 5.41) is 0. The van der Waals surface area contributed by atoms with Crippen LogP contribution in [0.4, 0.5) is 0 Å². The van der Waals surface area contributed by atoms with Gasteiger partial charge < -0.3 is 9.47 Å². The van der Waals surface area contributed by atoms with E-state index in [4.69, 9.17) is 9.47 Å². The summed E-state index contributed by atoms with van der Waals surface area (Å²) in [5.74, 6) is 0.475. The summed E-state index contributed by atoms with van der Waals surface area (Å²) in [6, 6.07) is 1.21. The van der Waals surface area contributed by atoms with Crippen LogP contribution in [0.5, 0.6) is 0 Å². The summed E-state index contributed by atoms with van der Waals surface area (Å²) < 4.78 is 12.9. The molecule has 0 aromatic rings. The van der Waals surface area contributed by atoms with Crippen molar-refractivity contribution in [2.75, 3.05) is 20.0 Å². The molecule has 0 radical (unpaired) electrons. The second-order valence-electron chi connectivity index (χ2n) is 5.00. The zero-order chi connectivity index (χ0) is 11.7. The van der Waals surface area contributed by atoms with Crippen molar-refractivity contribution in [2.24, 2.45) is 5.92 Å². The third-order valence-corrected chi connectivity index (χ3v) is 4.06. The molecule has 0 aromatic carbocycles. The van der Waals surface area contributed by atoms with Crippen LogP contribution in [0, 0.1) is 5.92 Å². The molecule has 0 aliphatic carbocycles. The number of hydrogen-bond acceptors (Lipinski definition) is 2. The lowest BCUT2D eigenvalue weighted by Crippen LogP contribution is -2.22. The van der Waals surface area contributed by atoms with Gasteiger partial charge in [-0.15, -0.1) is 0 Å². The van der Waals surface area contributed by atoms with Crippen LogP contribution in [-0.4, -0.2) is 28.1 Å². The first-order chi connectivity index (χ1) is 6.95. The molecule has 0 rings (SSSR count). The van der Waals surface area contributed by atoms with Gasteiger partial charge in [-0.25, -0.2) is 0 Å². The summed E-state index contributed by atoms with van der Waals surface area (Å²) in [5.41, 5.74) is 0. The van der Waals surface area contributed by atoms with Crippen molar-refractivity contribution < 1.29 is 9.47 Å². The second kappa shape index (κ2) is 8.72. The monoisotopic (exact) mass is 342 g/mol. The van der Waals surface area contributed by atoms with Crippen LogP contribution in [0.2, 0.25) is 25.7 Å². The Balaban J connectivity index is 3.25. The first-order valence-corrected chi connectivity index (χ1v) is 10.3. The van der Waals surface area contributed by atoms with Crippen LogP contribution < -0.4 is 0 Å². The average Bonchev–Trinajstić information content (AvgIpc) is 2.09. The molecule has 0 amide bonds. The Morgan fingerprint density at radius 1 is 1.27 bits per heavy atom. The number of hydrogen-bond donors (Lipinski definition) is 0. The van der Waals surface area contributed by atoms with E-state index in [2.05, 4.69) is 55.2 Å². The van der Waals surface area contributed by atoms with Crippen LogP contribution in [0.3, 0.4) is 0 Å². The van der Waals surface area contributed by atoms with Crippen LogP contribution in [0.15, 0.2) is 10.2 Å². The van der Waals surface area contributed by atoms with Crippen molar-refractivity contribution in [1.29, 1.82) is 0 Å². The second-order valence-corrected chi connectivity index (χ2v) is 11.3. The minimum atomic E-state index is -0.945. The van der Waals surface area contributed by atoms with E-state index in [1.807, 2.05) is 4.08 Å². The maximum atomic E-state index is 5.42. The maximum Gasteiger partial charge on any atom is 0.146 e. The predicted octanol–water partition coefficient (Wildman–Crippen LogP) is 3.90. The molecule has 0 fully saturated rings. The van der Waals surface area contributed by atoms with Gasteiger partial charge in [0.1, 0.15) is 6.79 Å². The largest absolute Gasteiger partial charge is 0.356 e. The molecule has 2 nitrogen and oxygen atoms in total. The minimum absolute atomic E-state index is 0.434. The molecule has 0 spiro atoms. The number of rotatable bonds is 8. The number of ether oxygens (including phenoxy) is 2. The van der Waals surface area contributed by atoms with Gasteiger partial charge in [0.05, 0.1) is 6.61 Å². The molecule has 0 aliphatic heterocycles. The van der Waals surface area contributed by atoms with Gasteiger partial charge in [-0.05, 0) is 16.0 Å². The standard InChI is InChI=1S/C11H23IO2Si/c1-11(5-6-12)9-14-10-13-7-8-15(2,3)4/h5-6,11H,7-10H2,1-4H3/b6-5+/t11-/m0/s1. The highest BCUT2D eigenvalue weighted by Crippen LogP contribution is 2.07. The Hall–Kier alpha value is 0.607. The average molecular weight is 342 g/mol. The van der Waals surface area contributed by atoms with Crippen molar-refractivity contribution in [1.82, 2.24) is 0 Å². The Labute approximate surface area is 109 Å². The lowest BCUT2D eigenvalue weighted by Gasteiger charge is -2.15. The lowest BCUT2D eigenvalue weighted by molar-refractivity contribution is -0.0552. The van der Waals surface area contributed by atoms with Gasteiger partial charge in [-0.3, -0.25) is 0 Å². The SMILES string of the molecule is C[C@@H](/C=C/I)COCOCC[Si](C)(C)C. The van der Waals surface area contributed by atoms with E-state index in [0.29, 0.717) is 12.7 Å². The zero-order valence-corrected chi connectivity index (χ0v) is 13.4. The van der Waals surface area contributed by atoms with Crippen molar-refractivity contribution in [3.05, 3.63) is 10.2 Å². The Bertz CT molecular complexity index is 178. The van der Waals surface area contributed by atoms with E-state index in [0.717, 1.165) is 13.2 Å². The molecule has 1 atom stereocenters. The van der Waals surface area contributed by atoms with Crippen LogP contribution in [0.25, 0.3) is 0 Å². The number of halogens is 1. The van der Waals surface area contributed by atoms with Crippen molar-refractivity contribution in [3.63, 3.8) is 0 Å². The molecular weight excluding hydrogens is 319 g/mol. The molecule has 0 saturated heterocycles. The molecule has 0 aromatic heterocycles.